The number of aromatic nitrogens is 3. The van der Waals surface area contributed by atoms with E-state index in [1.807, 2.05) is 68.4 Å². The molecule has 4 aromatic rings. The van der Waals surface area contributed by atoms with Gasteiger partial charge in [-0.15, -0.1) is 5.10 Å². The van der Waals surface area contributed by atoms with Gasteiger partial charge in [0.15, 0.2) is 5.76 Å². The molecule has 0 amide bonds. The van der Waals surface area contributed by atoms with E-state index in [0.29, 0.717) is 30.7 Å². The van der Waals surface area contributed by atoms with E-state index in [9.17, 15) is 4.79 Å². The first-order valence-electron chi connectivity index (χ1n) is 10.1. The van der Waals surface area contributed by atoms with E-state index in [1.165, 1.54) is 4.68 Å². The highest BCUT2D eigenvalue weighted by Crippen LogP contribution is 2.20. The molecule has 0 saturated carbocycles. The summed E-state index contributed by atoms with van der Waals surface area (Å²) in [5.74, 6) is 1.70. The van der Waals surface area contributed by atoms with Gasteiger partial charge in [-0.2, -0.15) is 9.67 Å². The fourth-order valence-electron chi connectivity index (χ4n) is 2.96. The quantitative estimate of drug-likeness (QED) is 0.434. The summed E-state index contributed by atoms with van der Waals surface area (Å²) in [7, 11) is 0. The average molecular weight is 416 g/mol. The third kappa shape index (κ3) is 5.01. The number of hydrogen-bond donors (Lipinski definition) is 1. The van der Waals surface area contributed by atoms with Gasteiger partial charge in [-0.3, -0.25) is 4.79 Å². The van der Waals surface area contributed by atoms with Crippen LogP contribution in [0.1, 0.15) is 29.8 Å². The summed E-state index contributed by atoms with van der Waals surface area (Å²) in [6.45, 7) is 4.66. The molecule has 0 fully saturated rings. The van der Waals surface area contributed by atoms with Gasteiger partial charge in [0.05, 0.1) is 6.26 Å². The Balaban J connectivity index is 1.43. The van der Waals surface area contributed by atoms with Crippen LogP contribution in [0.15, 0.2) is 77.4 Å². The first-order valence-corrected chi connectivity index (χ1v) is 10.1. The lowest BCUT2D eigenvalue weighted by Crippen LogP contribution is -2.21. The molecule has 2 heterocycles. The van der Waals surface area contributed by atoms with Crippen LogP contribution < -0.4 is 10.1 Å². The molecule has 0 saturated heterocycles. The maximum absolute atomic E-state index is 12.6. The van der Waals surface area contributed by atoms with Gasteiger partial charge in [-0.05, 0) is 35.4 Å². The average Bonchev–Trinajstić information content (AvgIpc) is 3.47. The summed E-state index contributed by atoms with van der Waals surface area (Å²) in [5, 5.41) is 7.54. The number of benzene rings is 2. The van der Waals surface area contributed by atoms with Gasteiger partial charge < -0.3 is 14.5 Å². The lowest BCUT2D eigenvalue weighted by molar-refractivity contribution is 0.0841. The van der Waals surface area contributed by atoms with Crippen LogP contribution in [-0.4, -0.2) is 20.7 Å². The van der Waals surface area contributed by atoms with E-state index >= 15 is 0 Å². The highest BCUT2D eigenvalue weighted by atomic mass is 16.5. The molecule has 0 spiro atoms. The standard InChI is InChI=1S/C24H24N4O3/c1-17(2)23(29)28-24(26-22(27-28)21-9-6-14-30-21)25-15-18-10-12-20(13-11-18)31-16-19-7-4-3-5-8-19/h3-14,17H,15-16H2,1-2H3,(H,25,26,27). The van der Waals surface area contributed by atoms with Crippen molar-refractivity contribution in [2.45, 2.75) is 27.0 Å². The van der Waals surface area contributed by atoms with Crippen molar-refractivity contribution in [2.75, 3.05) is 5.32 Å². The molecule has 7 nitrogen and oxygen atoms in total. The normalized spacial score (nSPS) is 10.9. The zero-order valence-electron chi connectivity index (χ0n) is 17.5. The minimum absolute atomic E-state index is 0.141. The fraction of sp³-hybridized carbons (Fsp3) is 0.208. The van der Waals surface area contributed by atoms with Crippen LogP contribution in [0.3, 0.4) is 0 Å². The molecule has 0 atom stereocenters. The Bertz CT molecular complexity index is 1120. The Morgan fingerprint density at radius 3 is 2.48 bits per heavy atom. The van der Waals surface area contributed by atoms with E-state index in [-0.39, 0.29) is 11.8 Å². The summed E-state index contributed by atoms with van der Waals surface area (Å²) in [5.41, 5.74) is 2.15. The number of anilines is 1. The summed E-state index contributed by atoms with van der Waals surface area (Å²) < 4.78 is 12.5. The van der Waals surface area contributed by atoms with E-state index in [0.717, 1.165) is 16.9 Å². The Hall–Kier alpha value is -3.87. The topological polar surface area (TPSA) is 82.2 Å². The number of ether oxygens (including phenoxy) is 1. The molecule has 7 heteroatoms. The summed E-state index contributed by atoms with van der Waals surface area (Å²) >= 11 is 0. The maximum Gasteiger partial charge on any atom is 0.252 e. The lowest BCUT2D eigenvalue weighted by Gasteiger charge is -2.10. The van der Waals surface area contributed by atoms with Gasteiger partial charge in [0.2, 0.25) is 11.8 Å². The van der Waals surface area contributed by atoms with Gasteiger partial charge in [-0.1, -0.05) is 56.3 Å². The minimum Gasteiger partial charge on any atom is -0.489 e. The predicted octanol–water partition coefficient (Wildman–Crippen LogP) is 5.03. The molecule has 158 valence electrons. The van der Waals surface area contributed by atoms with E-state index in [1.54, 1.807) is 18.4 Å². The number of carbonyl (C=O) groups is 1. The first-order chi connectivity index (χ1) is 15.1. The number of rotatable bonds is 8. The highest BCUT2D eigenvalue weighted by Gasteiger charge is 2.20. The Labute approximate surface area is 180 Å². The molecule has 0 radical (unpaired) electrons. The summed E-state index contributed by atoms with van der Waals surface area (Å²) in [4.78, 5) is 17.0. The second-order valence-corrected chi connectivity index (χ2v) is 7.41. The number of hydrogen-bond acceptors (Lipinski definition) is 6. The second kappa shape index (κ2) is 9.30. The van der Waals surface area contributed by atoms with E-state index in [2.05, 4.69) is 15.4 Å². The molecular formula is C24H24N4O3. The monoisotopic (exact) mass is 416 g/mol. The van der Waals surface area contributed by atoms with Gasteiger partial charge in [-0.25, -0.2) is 0 Å². The molecule has 2 aromatic carbocycles. The third-order valence-corrected chi connectivity index (χ3v) is 4.67. The molecule has 2 aromatic heterocycles. The highest BCUT2D eigenvalue weighted by molar-refractivity contribution is 5.82. The van der Waals surface area contributed by atoms with Crippen LogP contribution in [0.5, 0.6) is 5.75 Å². The summed E-state index contributed by atoms with van der Waals surface area (Å²) in [6, 6.07) is 21.4. The van der Waals surface area contributed by atoms with Crippen molar-refractivity contribution in [3.05, 3.63) is 84.1 Å². The fourth-order valence-corrected chi connectivity index (χ4v) is 2.96. The van der Waals surface area contributed by atoms with Crippen LogP contribution >= 0.6 is 0 Å². The van der Waals surface area contributed by atoms with Gasteiger partial charge in [0.1, 0.15) is 12.4 Å². The van der Waals surface area contributed by atoms with Crippen molar-refractivity contribution in [3.8, 4) is 17.3 Å². The molecule has 0 bridgehead atoms. The van der Waals surface area contributed by atoms with Crippen molar-refractivity contribution < 1.29 is 13.9 Å². The molecular weight excluding hydrogens is 392 g/mol. The van der Waals surface area contributed by atoms with Gasteiger partial charge in [0, 0.05) is 12.5 Å². The number of nitrogens with zero attached hydrogens (tertiary/aromatic N) is 3. The van der Waals surface area contributed by atoms with Crippen LogP contribution in [0, 0.1) is 5.92 Å². The molecule has 0 aliphatic carbocycles. The molecule has 1 N–H and O–H groups in total. The lowest BCUT2D eigenvalue weighted by atomic mass is 10.2. The molecule has 4 rings (SSSR count). The second-order valence-electron chi connectivity index (χ2n) is 7.41. The molecule has 31 heavy (non-hydrogen) atoms. The van der Waals surface area contributed by atoms with Gasteiger partial charge in [0.25, 0.3) is 5.91 Å². The van der Waals surface area contributed by atoms with Crippen LogP contribution in [0.25, 0.3) is 11.6 Å². The van der Waals surface area contributed by atoms with Crippen molar-refractivity contribution in [1.82, 2.24) is 14.8 Å². The Morgan fingerprint density at radius 2 is 1.81 bits per heavy atom. The van der Waals surface area contributed by atoms with Crippen LogP contribution in [0.4, 0.5) is 5.95 Å². The Kier molecular flexibility index (Phi) is 6.12. The maximum atomic E-state index is 12.6. The zero-order valence-corrected chi connectivity index (χ0v) is 17.5. The smallest absolute Gasteiger partial charge is 0.252 e. The van der Waals surface area contributed by atoms with Crippen LogP contribution in [-0.2, 0) is 13.2 Å². The number of carbonyl (C=O) groups excluding carboxylic acids is 1. The van der Waals surface area contributed by atoms with E-state index < -0.39 is 0 Å². The number of nitrogens with one attached hydrogen (secondary N) is 1. The zero-order chi connectivity index (χ0) is 21.6. The summed E-state index contributed by atoms with van der Waals surface area (Å²) in [6.07, 6.45) is 1.55. The minimum atomic E-state index is -0.215. The largest absolute Gasteiger partial charge is 0.489 e. The Morgan fingerprint density at radius 1 is 1.03 bits per heavy atom. The number of furan rings is 1. The van der Waals surface area contributed by atoms with Crippen molar-refractivity contribution >= 4 is 11.9 Å². The third-order valence-electron chi connectivity index (χ3n) is 4.67. The molecule has 0 aliphatic heterocycles. The molecule has 0 aliphatic rings. The SMILES string of the molecule is CC(C)C(=O)n1nc(-c2ccco2)nc1NCc1ccc(OCc2ccccc2)cc1. The predicted molar refractivity (Wildman–Crippen MR) is 118 cm³/mol. The first kappa shape index (κ1) is 20.4. The van der Waals surface area contributed by atoms with Crippen molar-refractivity contribution in [1.29, 1.82) is 0 Å². The van der Waals surface area contributed by atoms with Crippen molar-refractivity contribution in [3.63, 3.8) is 0 Å². The van der Waals surface area contributed by atoms with E-state index in [4.69, 9.17) is 9.15 Å². The van der Waals surface area contributed by atoms with Crippen molar-refractivity contribution in [2.24, 2.45) is 5.92 Å². The van der Waals surface area contributed by atoms with Gasteiger partial charge >= 0.3 is 0 Å². The molecule has 0 unspecified atom stereocenters. The van der Waals surface area contributed by atoms with Crippen LogP contribution in [0.2, 0.25) is 0 Å².